The van der Waals surface area contributed by atoms with E-state index in [4.69, 9.17) is 11.6 Å². The third kappa shape index (κ3) is 2.38. The number of aliphatic hydroxyl groups excluding tert-OH is 1. The quantitative estimate of drug-likeness (QED) is 0.742. The Hall–Kier alpha value is -0.450. The summed E-state index contributed by atoms with van der Waals surface area (Å²) in [7, 11) is 0. The molecule has 0 saturated carbocycles. The van der Waals surface area contributed by atoms with Gasteiger partial charge in [-0.2, -0.15) is 0 Å². The van der Waals surface area contributed by atoms with Crippen molar-refractivity contribution in [3.8, 4) is 0 Å². The molecule has 82 valence electrons. The van der Waals surface area contributed by atoms with Crippen LogP contribution in [0.4, 0.5) is 5.82 Å². The molecule has 0 unspecified atom stereocenters. The van der Waals surface area contributed by atoms with Gasteiger partial charge in [0.05, 0.1) is 11.1 Å². The van der Waals surface area contributed by atoms with E-state index in [1.165, 1.54) is 0 Å². The van der Waals surface area contributed by atoms with Gasteiger partial charge in [0.2, 0.25) is 0 Å². The first-order valence-electron chi connectivity index (χ1n) is 4.95. The first-order valence-corrected chi connectivity index (χ1v) is 5.77. The highest BCUT2D eigenvalue weighted by Gasteiger charge is 2.20. The summed E-state index contributed by atoms with van der Waals surface area (Å²) in [5, 5.41) is 10.00. The van der Waals surface area contributed by atoms with Crippen LogP contribution in [0.5, 0.6) is 0 Å². The van der Waals surface area contributed by atoms with Crippen molar-refractivity contribution in [2.75, 3.05) is 18.0 Å². The number of rotatable bonds is 1. The summed E-state index contributed by atoms with van der Waals surface area (Å²) in [4.78, 5) is 7.09. The lowest BCUT2D eigenvalue weighted by molar-refractivity contribution is 0.145. The summed E-state index contributed by atoms with van der Waals surface area (Å²) in [5.41, 5.74) is 0. The van der Waals surface area contributed by atoms with Crippen molar-refractivity contribution in [2.45, 2.75) is 23.8 Å². The molecule has 1 fully saturated rings. The second-order valence-corrected chi connectivity index (χ2v) is 4.55. The summed E-state index contributed by atoms with van der Waals surface area (Å²) in [6.45, 7) is 1.59. The Balaban J connectivity index is 2.19. The monoisotopic (exact) mass is 244 g/mol. The molecule has 5 heteroatoms. The van der Waals surface area contributed by atoms with Gasteiger partial charge in [0.1, 0.15) is 5.82 Å². The number of aliphatic hydroxyl groups is 1. The van der Waals surface area contributed by atoms with Crippen LogP contribution in [0, 0.1) is 0 Å². The first kappa shape index (κ1) is 11.0. The molecule has 15 heavy (non-hydrogen) atoms. The molecule has 2 heterocycles. The number of piperidine rings is 1. The van der Waals surface area contributed by atoms with Gasteiger partial charge in [-0.15, -0.1) is 12.6 Å². The smallest absolute Gasteiger partial charge is 0.148 e. The Bertz CT molecular complexity index is 353. The average molecular weight is 245 g/mol. The van der Waals surface area contributed by atoms with Gasteiger partial charge in [0.15, 0.2) is 0 Å². The van der Waals surface area contributed by atoms with Gasteiger partial charge in [-0.25, -0.2) is 4.98 Å². The van der Waals surface area contributed by atoms with Crippen molar-refractivity contribution < 1.29 is 5.11 Å². The molecule has 0 radical (unpaired) electrons. The normalized spacial score (nSPS) is 18.2. The van der Waals surface area contributed by atoms with Crippen LogP contribution in [0.15, 0.2) is 17.2 Å². The van der Waals surface area contributed by atoms with E-state index in [1.54, 1.807) is 12.3 Å². The van der Waals surface area contributed by atoms with Gasteiger partial charge in [-0.1, -0.05) is 11.6 Å². The molecule has 1 aliphatic heterocycles. The minimum absolute atomic E-state index is 0.181. The average Bonchev–Trinajstić information content (AvgIpc) is 2.24. The Morgan fingerprint density at radius 2 is 2.13 bits per heavy atom. The van der Waals surface area contributed by atoms with E-state index in [9.17, 15) is 5.11 Å². The van der Waals surface area contributed by atoms with Crippen molar-refractivity contribution in [1.82, 2.24) is 4.98 Å². The molecule has 0 aromatic carbocycles. The van der Waals surface area contributed by atoms with E-state index in [-0.39, 0.29) is 6.10 Å². The maximum absolute atomic E-state index is 9.40. The van der Waals surface area contributed by atoms with Gasteiger partial charge in [-0.05, 0) is 18.9 Å². The van der Waals surface area contributed by atoms with E-state index >= 15 is 0 Å². The maximum atomic E-state index is 9.40. The van der Waals surface area contributed by atoms with Crippen LogP contribution < -0.4 is 4.90 Å². The zero-order valence-electron chi connectivity index (χ0n) is 8.23. The van der Waals surface area contributed by atoms with Crippen LogP contribution in [0.3, 0.4) is 0 Å². The first-order chi connectivity index (χ1) is 7.18. The molecular weight excluding hydrogens is 232 g/mol. The van der Waals surface area contributed by atoms with Crippen LogP contribution in [0.25, 0.3) is 0 Å². The molecule has 1 aliphatic rings. The van der Waals surface area contributed by atoms with E-state index in [0.717, 1.165) is 36.6 Å². The number of pyridine rings is 1. The fourth-order valence-electron chi connectivity index (χ4n) is 1.72. The Morgan fingerprint density at radius 3 is 2.80 bits per heavy atom. The zero-order chi connectivity index (χ0) is 10.8. The largest absolute Gasteiger partial charge is 0.393 e. The number of hydrogen-bond donors (Lipinski definition) is 2. The van der Waals surface area contributed by atoms with Crippen LogP contribution >= 0.6 is 24.2 Å². The maximum Gasteiger partial charge on any atom is 0.148 e. The van der Waals surface area contributed by atoms with Crippen LogP contribution in [-0.2, 0) is 0 Å². The van der Waals surface area contributed by atoms with E-state index in [1.807, 2.05) is 0 Å². The fraction of sp³-hybridized carbons (Fsp3) is 0.500. The van der Waals surface area contributed by atoms with Gasteiger partial charge >= 0.3 is 0 Å². The molecule has 2 rings (SSSR count). The van der Waals surface area contributed by atoms with Crippen molar-refractivity contribution >= 4 is 30.0 Å². The van der Waals surface area contributed by atoms with Gasteiger partial charge < -0.3 is 10.0 Å². The molecule has 0 atom stereocenters. The molecule has 0 bridgehead atoms. The van der Waals surface area contributed by atoms with Crippen molar-refractivity contribution in [3.63, 3.8) is 0 Å². The lowest BCUT2D eigenvalue weighted by Crippen LogP contribution is -2.36. The standard InChI is InChI=1S/C10H13ClN2OS/c11-9-8(15)1-4-12-10(9)13-5-2-7(14)3-6-13/h1,4,7,14H,2-3,5-6H2,(H,12,15). The summed E-state index contributed by atoms with van der Waals surface area (Å²) in [6, 6.07) is 1.77. The molecule has 0 amide bonds. The highest BCUT2D eigenvalue weighted by atomic mass is 35.5. The predicted octanol–water partition coefficient (Wildman–Crippen LogP) is 1.98. The molecule has 3 nitrogen and oxygen atoms in total. The number of aromatic nitrogens is 1. The lowest BCUT2D eigenvalue weighted by atomic mass is 10.1. The highest BCUT2D eigenvalue weighted by molar-refractivity contribution is 7.80. The lowest BCUT2D eigenvalue weighted by Gasteiger charge is -2.31. The van der Waals surface area contributed by atoms with E-state index < -0.39 is 0 Å². The summed E-state index contributed by atoms with van der Waals surface area (Å²) in [6.07, 6.45) is 3.07. The molecule has 1 saturated heterocycles. The molecule has 0 aliphatic carbocycles. The Kier molecular flexibility index (Phi) is 3.38. The minimum Gasteiger partial charge on any atom is -0.393 e. The number of halogens is 1. The van der Waals surface area contributed by atoms with Crippen molar-refractivity contribution in [1.29, 1.82) is 0 Å². The second-order valence-electron chi connectivity index (χ2n) is 3.69. The highest BCUT2D eigenvalue weighted by Crippen LogP contribution is 2.30. The summed E-state index contributed by atoms with van der Waals surface area (Å²) in [5.74, 6) is 0.774. The number of hydrogen-bond acceptors (Lipinski definition) is 4. The van der Waals surface area contributed by atoms with Gasteiger partial charge in [0, 0.05) is 24.2 Å². The van der Waals surface area contributed by atoms with Crippen LogP contribution in [-0.4, -0.2) is 29.3 Å². The number of thiol groups is 1. The van der Waals surface area contributed by atoms with Crippen LogP contribution in [0.2, 0.25) is 5.02 Å². The number of nitrogens with zero attached hydrogens (tertiary/aromatic N) is 2. The van der Waals surface area contributed by atoms with Gasteiger partial charge in [-0.3, -0.25) is 0 Å². The fourth-order valence-corrected chi connectivity index (χ4v) is 2.12. The van der Waals surface area contributed by atoms with Crippen molar-refractivity contribution in [3.05, 3.63) is 17.3 Å². The molecule has 1 aromatic heterocycles. The topological polar surface area (TPSA) is 36.4 Å². The zero-order valence-corrected chi connectivity index (χ0v) is 9.88. The van der Waals surface area contributed by atoms with E-state index in [0.29, 0.717) is 5.02 Å². The Morgan fingerprint density at radius 1 is 1.47 bits per heavy atom. The number of anilines is 1. The minimum atomic E-state index is -0.181. The molecular formula is C10H13ClN2OS. The van der Waals surface area contributed by atoms with Crippen molar-refractivity contribution in [2.24, 2.45) is 0 Å². The second kappa shape index (κ2) is 4.60. The Labute approximate surface area is 99.5 Å². The third-order valence-electron chi connectivity index (χ3n) is 2.61. The molecule has 1 N–H and O–H groups in total. The molecule has 1 aromatic rings. The summed E-state index contributed by atoms with van der Waals surface area (Å²) >= 11 is 10.4. The third-order valence-corrected chi connectivity index (χ3v) is 3.49. The predicted molar refractivity (Wildman–Crippen MR) is 64.0 cm³/mol. The van der Waals surface area contributed by atoms with E-state index in [2.05, 4.69) is 22.5 Å². The molecule has 0 spiro atoms. The van der Waals surface area contributed by atoms with Gasteiger partial charge in [0.25, 0.3) is 0 Å². The SMILES string of the molecule is OC1CCN(c2nccc(S)c2Cl)CC1. The van der Waals surface area contributed by atoms with Crippen LogP contribution in [0.1, 0.15) is 12.8 Å². The summed E-state index contributed by atoms with van der Waals surface area (Å²) < 4.78 is 0.